The quantitative estimate of drug-likeness (QED) is 0.702. The molecule has 5 rings (SSSR count). The summed E-state index contributed by atoms with van der Waals surface area (Å²) in [5.74, 6) is 3.34. The van der Waals surface area contributed by atoms with Crippen LogP contribution < -0.4 is 5.32 Å². The van der Waals surface area contributed by atoms with Crippen molar-refractivity contribution in [3.8, 4) is 0 Å². The van der Waals surface area contributed by atoms with Crippen LogP contribution in [-0.2, 0) is 38.8 Å². The van der Waals surface area contributed by atoms with E-state index in [9.17, 15) is 4.79 Å². The Hall–Kier alpha value is -3.03. The number of hydrogen-bond acceptors (Lipinski definition) is 5. The highest BCUT2D eigenvalue weighted by atomic mass is 16.2. The van der Waals surface area contributed by atoms with Crippen molar-refractivity contribution in [1.82, 2.24) is 34.8 Å². The predicted octanol–water partition coefficient (Wildman–Crippen LogP) is 2.13. The first-order valence-electron chi connectivity index (χ1n) is 11.0. The molecule has 1 atom stereocenters. The fourth-order valence-corrected chi connectivity index (χ4v) is 4.50. The molecule has 0 spiro atoms. The number of hydrogen-bond donors (Lipinski definition) is 1. The lowest BCUT2D eigenvalue weighted by atomic mass is 10.1. The van der Waals surface area contributed by atoms with Crippen molar-refractivity contribution in [3.63, 3.8) is 0 Å². The number of aromatic nitrogens is 6. The van der Waals surface area contributed by atoms with Crippen LogP contribution in [0.2, 0.25) is 0 Å². The lowest BCUT2D eigenvalue weighted by molar-refractivity contribution is 0.0916. The zero-order chi connectivity index (χ0) is 20.3. The minimum Gasteiger partial charge on any atom is -0.346 e. The summed E-state index contributed by atoms with van der Waals surface area (Å²) in [6, 6.07) is 10.6. The largest absolute Gasteiger partial charge is 0.346 e. The Morgan fingerprint density at radius 1 is 0.900 bits per heavy atom. The number of fused-ring (bicyclic) bond motifs is 2. The minimum atomic E-state index is -0.109. The molecule has 2 aromatic heterocycles. The molecule has 1 aromatic carbocycles. The molecule has 0 bridgehead atoms. The van der Waals surface area contributed by atoms with Gasteiger partial charge in [-0.1, -0.05) is 30.3 Å². The van der Waals surface area contributed by atoms with E-state index in [0.717, 1.165) is 81.9 Å². The van der Waals surface area contributed by atoms with Gasteiger partial charge in [0, 0.05) is 38.4 Å². The number of carbonyl (C=O) groups excluding carboxylic acids is 1. The van der Waals surface area contributed by atoms with Gasteiger partial charge in [0.05, 0.1) is 0 Å². The van der Waals surface area contributed by atoms with Gasteiger partial charge in [0.2, 0.25) is 5.82 Å². The Morgan fingerprint density at radius 3 is 2.63 bits per heavy atom. The average Bonchev–Trinajstić information content (AvgIpc) is 3.33. The smallest absolute Gasteiger partial charge is 0.289 e. The van der Waals surface area contributed by atoms with Crippen LogP contribution >= 0.6 is 0 Å². The number of benzene rings is 1. The summed E-state index contributed by atoms with van der Waals surface area (Å²) >= 11 is 0. The van der Waals surface area contributed by atoms with Crippen LogP contribution in [0.5, 0.6) is 0 Å². The van der Waals surface area contributed by atoms with Crippen LogP contribution in [0.3, 0.4) is 0 Å². The SMILES string of the molecule is O=C(NC1CCc2nnc(CCc3ccccc3)n2CC1)c1nnc2n1CCCC2. The average molecular weight is 406 g/mol. The van der Waals surface area contributed by atoms with Crippen molar-refractivity contribution in [2.45, 2.75) is 70.5 Å². The van der Waals surface area contributed by atoms with E-state index in [2.05, 4.69) is 54.5 Å². The normalized spacial score (nSPS) is 18.3. The third kappa shape index (κ3) is 3.86. The molecule has 1 N–H and O–H groups in total. The van der Waals surface area contributed by atoms with E-state index in [1.807, 2.05) is 10.6 Å². The number of amides is 1. The second kappa shape index (κ2) is 8.38. The number of nitrogens with zero attached hydrogens (tertiary/aromatic N) is 6. The van der Waals surface area contributed by atoms with Crippen molar-refractivity contribution < 1.29 is 4.79 Å². The number of nitrogens with one attached hydrogen (secondary N) is 1. The molecule has 0 aliphatic carbocycles. The minimum absolute atomic E-state index is 0.109. The van der Waals surface area contributed by atoms with E-state index >= 15 is 0 Å². The fraction of sp³-hybridized carbons (Fsp3) is 0.500. The molecule has 2 aliphatic rings. The number of carbonyl (C=O) groups is 1. The molecule has 0 saturated heterocycles. The zero-order valence-electron chi connectivity index (χ0n) is 17.1. The highest BCUT2D eigenvalue weighted by molar-refractivity contribution is 5.90. The van der Waals surface area contributed by atoms with Gasteiger partial charge in [0.1, 0.15) is 17.5 Å². The zero-order valence-corrected chi connectivity index (χ0v) is 17.1. The van der Waals surface area contributed by atoms with Crippen LogP contribution in [0.25, 0.3) is 0 Å². The fourth-order valence-electron chi connectivity index (χ4n) is 4.50. The van der Waals surface area contributed by atoms with E-state index in [4.69, 9.17) is 0 Å². The van der Waals surface area contributed by atoms with Gasteiger partial charge in [-0.2, -0.15) is 0 Å². The summed E-state index contributed by atoms with van der Waals surface area (Å²) in [6.07, 6.45) is 7.49. The molecule has 156 valence electrons. The number of aryl methyl sites for hydroxylation is 4. The molecule has 0 fully saturated rings. The molecule has 2 aliphatic heterocycles. The predicted molar refractivity (Wildman–Crippen MR) is 111 cm³/mol. The Labute approximate surface area is 175 Å². The van der Waals surface area contributed by atoms with Crippen LogP contribution in [0.4, 0.5) is 0 Å². The molecular weight excluding hydrogens is 378 g/mol. The van der Waals surface area contributed by atoms with Crippen molar-refractivity contribution in [2.24, 2.45) is 0 Å². The summed E-state index contributed by atoms with van der Waals surface area (Å²) in [5.41, 5.74) is 1.31. The summed E-state index contributed by atoms with van der Waals surface area (Å²) in [7, 11) is 0. The summed E-state index contributed by atoms with van der Waals surface area (Å²) in [6.45, 7) is 1.66. The maximum atomic E-state index is 12.8. The number of rotatable bonds is 5. The molecular formula is C22H27N7O. The maximum Gasteiger partial charge on any atom is 0.289 e. The Bertz CT molecular complexity index is 1020. The van der Waals surface area contributed by atoms with Crippen molar-refractivity contribution >= 4 is 5.91 Å². The van der Waals surface area contributed by atoms with Crippen LogP contribution in [0.1, 0.15) is 59.3 Å². The van der Waals surface area contributed by atoms with E-state index in [1.54, 1.807) is 0 Å². The first-order valence-corrected chi connectivity index (χ1v) is 11.0. The molecule has 30 heavy (non-hydrogen) atoms. The first-order chi connectivity index (χ1) is 14.8. The summed E-state index contributed by atoms with van der Waals surface area (Å²) in [5, 5.41) is 20.4. The third-order valence-electron chi connectivity index (χ3n) is 6.20. The molecule has 4 heterocycles. The Balaban J connectivity index is 1.21. The van der Waals surface area contributed by atoms with Gasteiger partial charge in [-0.05, 0) is 37.7 Å². The molecule has 1 unspecified atom stereocenters. The van der Waals surface area contributed by atoms with Crippen molar-refractivity contribution in [1.29, 1.82) is 0 Å². The van der Waals surface area contributed by atoms with Crippen LogP contribution in [0.15, 0.2) is 30.3 Å². The Morgan fingerprint density at radius 2 is 1.73 bits per heavy atom. The molecule has 1 amide bonds. The van der Waals surface area contributed by atoms with E-state index in [-0.39, 0.29) is 11.9 Å². The second-order valence-electron chi connectivity index (χ2n) is 8.22. The van der Waals surface area contributed by atoms with E-state index in [1.165, 1.54) is 5.56 Å². The topological polar surface area (TPSA) is 90.5 Å². The molecule has 0 radical (unpaired) electrons. The monoisotopic (exact) mass is 405 g/mol. The van der Waals surface area contributed by atoms with Gasteiger partial charge < -0.3 is 14.5 Å². The third-order valence-corrected chi connectivity index (χ3v) is 6.20. The van der Waals surface area contributed by atoms with Gasteiger partial charge in [-0.3, -0.25) is 4.79 Å². The van der Waals surface area contributed by atoms with Crippen LogP contribution in [0, 0.1) is 0 Å². The maximum absolute atomic E-state index is 12.8. The van der Waals surface area contributed by atoms with E-state index < -0.39 is 0 Å². The second-order valence-corrected chi connectivity index (χ2v) is 8.22. The summed E-state index contributed by atoms with van der Waals surface area (Å²) < 4.78 is 4.22. The van der Waals surface area contributed by atoms with Gasteiger partial charge in [0.15, 0.2) is 0 Å². The molecule has 8 heteroatoms. The van der Waals surface area contributed by atoms with Gasteiger partial charge in [-0.15, -0.1) is 20.4 Å². The highest BCUT2D eigenvalue weighted by Crippen LogP contribution is 2.18. The van der Waals surface area contributed by atoms with Gasteiger partial charge in [-0.25, -0.2) is 0 Å². The van der Waals surface area contributed by atoms with Crippen molar-refractivity contribution in [2.75, 3.05) is 0 Å². The lowest BCUT2D eigenvalue weighted by Crippen LogP contribution is -2.37. The summed E-state index contributed by atoms with van der Waals surface area (Å²) in [4.78, 5) is 12.8. The standard InChI is InChI=1S/C22H27N7O/c30-22(21-27-26-18-8-4-5-14-29(18)21)23-17-10-12-20-25-24-19(28(20)15-13-17)11-9-16-6-2-1-3-7-16/h1-3,6-7,17H,4-5,8-15H2,(H,23,30). The lowest BCUT2D eigenvalue weighted by Gasteiger charge is -2.18. The van der Waals surface area contributed by atoms with Gasteiger partial charge >= 0.3 is 0 Å². The Kier molecular flexibility index (Phi) is 5.29. The molecule has 3 aromatic rings. The molecule has 8 nitrogen and oxygen atoms in total. The highest BCUT2D eigenvalue weighted by Gasteiger charge is 2.25. The first kappa shape index (κ1) is 19.0. The van der Waals surface area contributed by atoms with Crippen molar-refractivity contribution in [3.05, 3.63) is 59.2 Å². The van der Waals surface area contributed by atoms with Gasteiger partial charge in [0.25, 0.3) is 5.91 Å². The van der Waals surface area contributed by atoms with E-state index in [0.29, 0.717) is 5.82 Å². The van der Waals surface area contributed by atoms with Crippen LogP contribution in [-0.4, -0.2) is 41.5 Å². The molecule has 0 saturated carbocycles.